The van der Waals surface area contributed by atoms with Gasteiger partial charge in [-0.3, -0.25) is 24.1 Å². The third-order valence-electron chi connectivity index (χ3n) is 8.15. The van der Waals surface area contributed by atoms with Crippen molar-refractivity contribution < 1.29 is 24.3 Å². The lowest BCUT2D eigenvalue weighted by atomic mass is 9.59. The Labute approximate surface area is 214 Å². The minimum atomic E-state index is -0.630. The molecule has 6 rings (SSSR count). The maximum absolute atomic E-state index is 13.9. The second kappa shape index (κ2) is 8.37. The van der Waals surface area contributed by atoms with Gasteiger partial charge in [0.1, 0.15) is 5.75 Å². The molecule has 184 valence electrons. The van der Waals surface area contributed by atoms with Crippen LogP contribution >= 0.6 is 0 Å². The van der Waals surface area contributed by atoms with Gasteiger partial charge in [0.15, 0.2) is 11.6 Å². The average molecular weight is 492 g/mol. The fraction of sp³-hybridized carbons (Fsp3) is 0.226. The largest absolute Gasteiger partial charge is 0.508 e. The summed E-state index contributed by atoms with van der Waals surface area (Å²) in [7, 11) is 0. The summed E-state index contributed by atoms with van der Waals surface area (Å²) in [5, 5.41) is 10.2. The Hall–Kier alpha value is -4.32. The zero-order valence-electron chi connectivity index (χ0n) is 20.3. The van der Waals surface area contributed by atoms with E-state index in [-0.39, 0.29) is 35.6 Å². The molecule has 3 aliphatic carbocycles. The number of allylic oxidation sites excluding steroid dienone is 6. The van der Waals surface area contributed by atoms with Gasteiger partial charge in [0, 0.05) is 22.6 Å². The van der Waals surface area contributed by atoms with E-state index in [2.05, 4.69) is 6.58 Å². The number of amides is 2. The zero-order chi connectivity index (χ0) is 26.0. The first-order valence-electron chi connectivity index (χ1n) is 12.4. The van der Waals surface area contributed by atoms with Gasteiger partial charge in [0.2, 0.25) is 11.8 Å². The van der Waals surface area contributed by atoms with Crippen LogP contribution in [0.2, 0.25) is 0 Å². The Morgan fingerprint density at radius 1 is 1.00 bits per heavy atom. The van der Waals surface area contributed by atoms with Crippen molar-refractivity contribution in [2.45, 2.75) is 25.7 Å². The molecule has 4 atom stereocenters. The molecule has 1 N–H and O–H groups in total. The van der Waals surface area contributed by atoms with Gasteiger partial charge in [0.05, 0.1) is 17.5 Å². The van der Waals surface area contributed by atoms with Crippen LogP contribution in [-0.2, 0) is 19.2 Å². The van der Waals surface area contributed by atoms with Crippen LogP contribution in [0.15, 0.2) is 89.6 Å². The highest BCUT2D eigenvalue weighted by atomic mass is 16.3. The van der Waals surface area contributed by atoms with Crippen LogP contribution in [0.4, 0.5) is 5.69 Å². The molecular formula is C31H25NO5. The van der Waals surface area contributed by atoms with Crippen molar-refractivity contribution in [1.82, 2.24) is 0 Å². The molecule has 1 aliphatic heterocycles. The van der Waals surface area contributed by atoms with Crippen LogP contribution in [0.1, 0.15) is 36.8 Å². The van der Waals surface area contributed by atoms with Gasteiger partial charge in [-0.05, 0) is 67.2 Å². The molecular weight excluding hydrogens is 466 g/mol. The average Bonchev–Trinajstić information content (AvgIpc) is 3.16. The Kier molecular flexibility index (Phi) is 5.23. The fourth-order valence-corrected chi connectivity index (χ4v) is 6.48. The summed E-state index contributed by atoms with van der Waals surface area (Å²) in [5.74, 6) is -3.02. The highest BCUT2D eigenvalue weighted by molar-refractivity contribution is 6.25. The lowest BCUT2D eigenvalue weighted by Crippen LogP contribution is -2.39. The molecule has 6 nitrogen and oxygen atoms in total. The Morgan fingerprint density at radius 2 is 1.76 bits per heavy atom. The number of nitrogens with zero attached hydrogens (tertiary/aromatic N) is 1. The van der Waals surface area contributed by atoms with Crippen LogP contribution in [0.5, 0.6) is 5.75 Å². The Bertz CT molecular complexity index is 1510. The van der Waals surface area contributed by atoms with Crippen molar-refractivity contribution in [3.8, 4) is 5.75 Å². The number of ketones is 2. The van der Waals surface area contributed by atoms with Gasteiger partial charge in [0.25, 0.3) is 0 Å². The van der Waals surface area contributed by atoms with E-state index in [1.807, 2.05) is 24.3 Å². The van der Waals surface area contributed by atoms with Crippen LogP contribution < -0.4 is 4.90 Å². The molecule has 0 aromatic heterocycles. The molecule has 0 unspecified atom stereocenters. The molecule has 0 spiro atoms. The van der Waals surface area contributed by atoms with Gasteiger partial charge < -0.3 is 5.11 Å². The number of imide groups is 1. The molecule has 37 heavy (non-hydrogen) atoms. The summed E-state index contributed by atoms with van der Waals surface area (Å²) in [6.45, 7) is 5.38. The fourth-order valence-electron chi connectivity index (χ4n) is 6.48. The van der Waals surface area contributed by atoms with Crippen LogP contribution in [-0.4, -0.2) is 28.5 Å². The first-order chi connectivity index (χ1) is 17.8. The number of carbonyl (C=O) groups excluding carboxylic acids is 4. The van der Waals surface area contributed by atoms with Crippen molar-refractivity contribution in [2.24, 2.45) is 17.8 Å². The lowest BCUT2D eigenvalue weighted by Gasteiger charge is -2.42. The number of rotatable bonds is 3. The second-order valence-corrected chi connectivity index (χ2v) is 10.1. The second-order valence-electron chi connectivity index (χ2n) is 10.1. The molecule has 6 heteroatoms. The van der Waals surface area contributed by atoms with Gasteiger partial charge in [-0.2, -0.15) is 0 Å². The summed E-state index contributed by atoms with van der Waals surface area (Å²) in [6, 6.07) is 13.8. The minimum Gasteiger partial charge on any atom is -0.508 e. The molecule has 2 amide bonds. The number of phenols is 1. The summed E-state index contributed by atoms with van der Waals surface area (Å²) < 4.78 is 0. The van der Waals surface area contributed by atoms with E-state index in [9.17, 15) is 24.3 Å². The monoisotopic (exact) mass is 491 g/mol. The quantitative estimate of drug-likeness (QED) is 0.383. The van der Waals surface area contributed by atoms with E-state index < -0.39 is 23.7 Å². The molecule has 1 saturated heterocycles. The van der Waals surface area contributed by atoms with Gasteiger partial charge in [-0.15, -0.1) is 0 Å². The Balaban J connectivity index is 1.47. The highest BCUT2D eigenvalue weighted by Crippen LogP contribution is 2.55. The minimum absolute atomic E-state index is 0.0543. The van der Waals surface area contributed by atoms with E-state index in [0.717, 1.165) is 11.1 Å². The Morgan fingerprint density at radius 3 is 2.46 bits per heavy atom. The van der Waals surface area contributed by atoms with Crippen molar-refractivity contribution in [2.75, 3.05) is 4.90 Å². The van der Waals surface area contributed by atoms with Crippen molar-refractivity contribution >= 4 is 35.1 Å². The molecule has 0 saturated carbocycles. The van der Waals surface area contributed by atoms with Gasteiger partial charge >= 0.3 is 0 Å². The molecule has 2 aromatic rings. The predicted octanol–water partition coefficient (Wildman–Crippen LogP) is 4.67. The summed E-state index contributed by atoms with van der Waals surface area (Å²) >= 11 is 0. The van der Waals surface area contributed by atoms with E-state index in [1.54, 1.807) is 43.3 Å². The summed E-state index contributed by atoms with van der Waals surface area (Å²) in [6.07, 6.45) is 5.65. The maximum Gasteiger partial charge on any atom is 0.238 e. The molecule has 0 bridgehead atoms. The number of Topliss-reactive ketones (excluding diaryl/α,β-unsaturated/α-hetero) is 1. The first kappa shape index (κ1) is 23.1. The van der Waals surface area contributed by atoms with E-state index >= 15 is 0 Å². The molecule has 1 fully saturated rings. The number of aromatic hydroxyl groups is 1. The van der Waals surface area contributed by atoms with Crippen LogP contribution in [0.3, 0.4) is 0 Å². The SMILES string of the molecule is C=Cc1ccc(N2C(=O)[C@H]3[C@H](CC=C4[C@H](c5cccc(O)c5)C5=C(C[C@H]43)C(=O)C(C)=CC5=O)C2=O)cc1. The summed E-state index contributed by atoms with van der Waals surface area (Å²) in [4.78, 5) is 55.2. The van der Waals surface area contributed by atoms with Crippen molar-refractivity contribution in [3.05, 3.63) is 101 Å². The van der Waals surface area contributed by atoms with E-state index in [0.29, 0.717) is 34.4 Å². The van der Waals surface area contributed by atoms with E-state index in [4.69, 9.17) is 0 Å². The number of carbonyl (C=O) groups is 4. The smallest absolute Gasteiger partial charge is 0.238 e. The highest BCUT2D eigenvalue weighted by Gasteiger charge is 2.56. The number of fused-ring (bicyclic) bond motifs is 3. The maximum atomic E-state index is 13.9. The predicted molar refractivity (Wildman–Crippen MR) is 138 cm³/mol. The number of hydrogen-bond acceptors (Lipinski definition) is 5. The molecule has 1 heterocycles. The summed E-state index contributed by atoms with van der Waals surface area (Å²) in [5.41, 5.74) is 4.14. The van der Waals surface area contributed by atoms with Gasteiger partial charge in [-0.25, -0.2) is 0 Å². The topological polar surface area (TPSA) is 91.8 Å². The molecule has 4 aliphatic rings. The van der Waals surface area contributed by atoms with Crippen LogP contribution in [0.25, 0.3) is 6.08 Å². The standard InChI is InChI=1S/C31H25NO5/c1-3-17-7-9-19(10-8-17)32-30(36)22-12-11-21-23(27(22)31(32)37)15-24-28(25(34)13-16(2)29(24)35)26(21)18-5-4-6-20(33)14-18/h3-11,13-14,22-23,26-27,33H,1,12,15H2,2H3/t22-,23+,26-,27-/m0/s1. The molecule has 2 aromatic carbocycles. The first-order valence-corrected chi connectivity index (χ1v) is 12.4. The van der Waals surface area contributed by atoms with Crippen LogP contribution in [0, 0.1) is 17.8 Å². The normalized spacial score (nSPS) is 26.9. The van der Waals surface area contributed by atoms with Gasteiger partial charge in [-0.1, -0.05) is 48.6 Å². The number of hydrogen-bond donors (Lipinski definition) is 1. The lowest BCUT2D eigenvalue weighted by molar-refractivity contribution is -0.123. The number of anilines is 1. The molecule has 0 radical (unpaired) electrons. The number of benzene rings is 2. The third kappa shape index (κ3) is 3.39. The number of phenolic OH excluding ortho intramolecular Hbond substituents is 1. The zero-order valence-corrected chi connectivity index (χ0v) is 20.3. The van der Waals surface area contributed by atoms with E-state index in [1.165, 1.54) is 11.0 Å². The third-order valence-corrected chi connectivity index (χ3v) is 8.15. The van der Waals surface area contributed by atoms with Crippen molar-refractivity contribution in [3.63, 3.8) is 0 Å². The van der Waals surface area contributed by atoms with Crippen molar-refractivity contribution in [1.29, 1.82) is 0 Å².